The first-order chi connectivity index (χ1) is 8.47. The van der Waals surface area contributed by atoms with Crippen LogP contribution in [0.1, 0.15) is 20.3 Å². The van der Waals surface area contributed by atoms with E-state index in [1.54, 1.807) is 13.8 Å². The molecule has 3 N–H and O–H groups in total. The Bertz CT molecular complexity index is 411. The van der Waals surface area contributed by atoms with Gasteiger partial charge in [0.1, 0.15) is 0 Å². The highest BCUT2D eigenvalue weighted by atomic mass is 16.2. The van der Waals surface area contributed by atoms with Crippen molar-refractivity contribution in [1.29, 1.82) is 0 Å². The number of hydrogen-bond donors (Lipinski definition) is 2. The lowest BCUT2D eigenvalue weighted by atomic mass is 10.1. The van der Waals surface area contributed by atoms with Gasteiger partial charge in [-0.15, -0.1) is 0 Å². The normalized spacial score (nSPS) is 19.9. The number of nitrogens with two attached hydrogens (primary N) is 1. The Hall–Kier alpha value is -1.55. The number of carbonyl (C=O) groups is 1. The van der Waals surface area contributed by atoms with Crippen LogP contribution in [0.15, 0.2) is 30.3 Å². The van der Waals surface area contributed by atoms with E-state index >= 15 is 0 Å². The van der Waals surface area contributed by atoms with E-state index in [1.807, 2.05) is 18.2 Å². The molecule has 1 unspecified atom stereocenters. The van der Waals surface area contributed by atoms with Crippen LogP contribution in [0.2, 0.25) is 0 Å². The molecule has 0 spiro atoms. The number of carbonyl (C=O) groups excluding carboxylic acids is 1. The van der Waals surface area contributed by atoms with Crippen molar-refractivity contribution in [3.05, 3.63) is 30.3 Å². The molecular formula is C14H21N3O. The van der Waals surface area contributed by atoms with Gasteiger partial charge >= 0.3 is 0 Å². The van der Waals surface area contributed by atoms with Crippen LogP contribution < -0.4 is 16.0 Å². The average molecular weight is 247 g/mol. The lowest BCUT2D eigenvalue weighted by Gasteiger charge is -2.22. The maximum absolute atomic E-state index is 11.8. The number of benzene rings is 1. The van der Waals surface area contributed by atoms with E-state index in [1.165, 1.54) is 5.69 Å². The third kappa shape index (κ3) is 3.01. The molecule has 4 nitrogen and oxygen atoms in total. The van der Waals surface area contributed by atoms with E-state index in [0.29, 0.717) is 0 Å². The summed E-state index contributed by atoms with van der Waals surface area (Å²) in [7, 11) is 0. The van der Waals surface area contributed by atoms with E-state index in [4.69, 9.17) is 5.73 Å². The Morgan fingerprint density at radius 3 is 2.67 bits per heavy atom. The molecule has 1 aromatic carbocycles. The summed E-state index contributed by atoms with van der Waals surface area (Å²) < 4.78 is 0. The molecule has 1 heterocycles. The number of amides is 1. The molecule has 0 bridgehead atoms. The van der Waals surface area contributed by atoms with E-state index < -0.39 is 5.54 Å². The minimum Gasteiger partial charge on any atom is -0.369 e. The van der Waals surface area contributed by atoms with Crippen molar-refractivity contribution in [2.45, 2.75) is 31.8 Å². The molecule has 1 fully saturated rings. The zero-order chi connectivity index (χ0) is 13.2. The van der Waals surface area contributed by atoms with Crippen LogP contribution >= 0.6 is 0 Å². The maximum Gasteiger partial charge on any atom is 0.239 e. The fraction of sp³-hybridized carbons (Fsp3) is 0.500. The van der Waals surface area contributed by atoms with E-state index in [2.05, 4.69) is 22.3 Å². The standard InChI is InChI=1S/C14H21N3O/c1-14(2,15)13(18)16-11-8-9-17(10-11)12-6-4-3-5-7-12/h3-7,11H,8-10,15H2,1-2H3,(H,16,18). The van der Waals surface area contributed by atoms with Gasteiger partial charge in [-0.2, -0.15) is 0 Å². The maximum atomic E-state index is 11.8. The zero-order valence-electron chi connectivity index (χ0n) is 11.0. The average Bonchev–Trinajstić information content (AvgIpc) is 2.77. The van der Waals surface area contributed by atoms with Crippen molar-refractivity contribution < 1.29 is 4.79 Å². The molecule has 4 heteroatoms. The van der Waals surface area contributed by atoms with Gasteiger partial charge in [-0.25, -0.2) is 0 Å². The Morgan fingerprint density at radius 1 is 1.39 bits per heavy atom. The Labute approximate surface area is 108 Å². The summed E-state index contributed by atoms with van der Waals surface area (Å²) in [6, 6.07) is 10.5. The van der Waals surface area contributed by atoms with Crippen molar-refractivity contribution >= 4 is 11.6 Å². The minimum atomic E-state index is -0.805. The molecule has 0 aromatic heterocycles. The molecule has 1 atom stereocenters. The van der Waals surface area contributed by atoms with Crippen molar-refractivity contribution in [2.24, 2.45) is 5.73 Å². The second-order valence-electron chi connectivity index (χ2n) is 5.46. The van der Waals surface area contributed by atoms with E-state index in [0.717, 1.165) is 19.5 Å². The number of nitrogens with zero attached hydrogens (tertiary/aromatic N) is 1. The van der Waals surface area contributed by atoms with E-state index in [-0.39, 0.29) is 11.9 Å². The smallest absolute Gasteiger partial charge is 0.239 e. The SMILES string of the molecule is CC(C)(N)C(=O)NC1CCN(c2ccccc2)C1. The van der Waals surface area contributed by atoms with Crippen LogP contribution in [-0.2, 0) is 4.79 Å². The van der Waals surface area contributed by atoms with Gasteiger partial charge in [0.2, 0.25) is 5.91 Å². The molecule has 1 aromatic rings. The van der Waals surface area contributed by atoms with Gasteiger partial charge in [-0.05, 0) is 32.4 Å². The van der Waals surface area contributed by atoms with Crippen molar-refractivity contribution in [2.75, 3.05) is 18.0 Å². The highest BCUT2D eigenvalue weighted by molar-refractivity contribution is 5.85. The van der Waals surface area contributed by atoms with Gasteiger partial charge in [0.05, 0.1) is 5.54 Å². The molecule has 1 aliphatic rings. The summed E-state index contributed by atoms with van der Waals surface area (Å²) in [5, 5.41) is 3.01. The monoisotopic (exact) mass is 247 g/mol. The number of para-hydroxylation sites is 1. The van der Waals surface area contributed by atoms with Crippen LogP contribution in [0.5, 0.6) is 0 Å². The van der Waals surface area contributed by atoms with Crippen molar-refractivity contribution in [3.8, 4) is 0 Å². The largest absolute Gasteiger partial charge is 0.369 e. The first kappa shape index (κ1) is 12.9. The molecule has 0 radical (unpaired) electrons. The van der Waals surface area contributed by atoms with Gasteiger partial charge in [-0.1, -0.05) is 18.2 Å². The Kier molecular flexibility index (Phi) is 3.57. The summed E-state index contributed by atoms with van der Waals surface area (Å²) in [4.78, 5) is 14.1. The number of anilines is 1. The third-order valence-electron chi connectivity index (χ3n) is 3.23. The Morgan fingerprint density at radius 2 is 2.06 bits per heavy atom. The predicted molar refractivity (Wildman–Crippen MR) is 73.5 cm³/mol. The second-order valence-corrected chi connectivity index (χ2v) is 5.46. The van der Waals surface area contributed by atoms with Crippen molar-refractivity contribution in [1.82, 2.24) is 5.32 Å². The lowest BCUT2D eigenvalue weighted by Crippen LogP contribution is -2.52. The number of hydrogen-bond acceptors (Lipinski definition) is 3. The first-order valence-electron chi connectivity index (χ1n) is 6.36. The summed E-state index contributed by atoms with van der Waals surface area (Å²) in [6.07, 6.45) is 0.969. The van der Waals surface area contributed by atoms with Gasteiger partial charge in [-0.3, -0.25) is 4.79 Å². The molecule has 18 heavy (non-hydrogen) atoms. The number of nitrogens with one attached hydrogen (secondary N) is 1. The third-order valence-corrected chi connectivity index (χ3v) is 3.23. The highest BCUT2D eigenvalue weighted by Gasteiger charge is 2.28. The topological polar surface area (TPSA) is 58.4 Å². The van der Waals surface area contributed by atoms with Crippen LogP contribution in [0.25, 0.3) is 0 Å². The number of rotatable bonds is 3. The molecule has 1 amide bonds. The summed E-state index contributed by atoms with van der Waals surface area (Å²) in [5.74, 6) is -0.0811. The fourth-order valence-electron chi connectivity index (χ4n) is 2.12. The summed E-state index contributed by atoms with van der Waals surface area (Å²) >= 11 is 0. The zero-order valence-corrected chi connectivity index (χ0v) is 11.0. The van der Waals surface area contributed by atoms with Crippen LogP contribution in [-0.4, -0.2) is 30.6 Å². The molecule has 0 aliphatic carbocycles. The quantitative estimate of drug-likeness (QED) is 0.841. The van der Waals surface area contributed by atoms with Crippen LogP contribution in [0.4, 0.5) is 5.69 Å². The second kappa shape index (κ2) is 4.98. The molecule has 2 rings (SSSR count). The molecule has 1 saturated heterocycles. The van der Waals surface area contributed by atoms with E-state index in [9.17, 15) is 4.79 Å². The molecule has 1 aliphatic heterocycles. The van der Waals surface area contributed by atoms with Gasteiger partial charge in [0, 0.05) is 24.8 Å². The first-order valence-corrected chi connectivity index (χ1v) is 6.36. The predicted octanol–water partition coefficient (Wildman–Crippen LogP) is 1.12. The Balaban J connectivity index is 1.92. The highest BCUT2D eigenvalue weighted by Crippen LogP contribution is 2.19. The van der Waals surface area contributed by atoms with Crippen LogP contribution in [0.3, 0.4) is 0 Å². The van der Waals surface area contributed by atoms with Crippen molar-refractivity contribution in [3.63, 3.8) is 0 Å². The minimum absolute atomic E-state index is 0.0811. The fourth-order valence-corrected chi connectivity index (χ4v) is 2.12. The molecule has 98 valence electrons. The van der Waals surface area contributed by atoms with Gasteiger partial charge in [0.25, 0.3) is 0 Å². The van der Waals surface area contributed by atoms with Gasteiger partial charge < -0.3 is 16.0 Å². The van der Waals surface area contributed by atoms with Crippen LogP contribution in [0, 0.1) is 0 Å². The lowest BCUT2D eigenvalue weighted by molar-refractivity contribution is -0.125. The van der Waals surface area contributed by atoms with Gasteiger partial charge in [0.15, 0.2) is 0 Å². The molecule has 0 saturated carbocycles. The summed E-state index contributed by atoms with van der Waals surface area (Å²) in [6.45, 7) is 5.28. The molecular weight excluding hydrogens is 226 g/mol. The summed E-state index contributed by atoms with van der Waals surface area (Å²) in [5.41, 5.74) is 6.18.